The number of esters is 1. The van der Waals surface area contributed by atoms with E-state index in [0.29, 0.717) is 5.41 Å². The predicted octanol–water partition coefficient (Wildman–Crippen LogP) is 4.83. The first kappa shape index (κ1) is 15.2. The van der Waals surface area contributed by atoms with Crippen molar-refractivity contribution in [1.82, 2.24) is 0 Å². The van der Waals surface area contributed by atoms with Crippen molar-refractivity contribution in [3.8, 4) is 0 Å². The summed E-state index contributed by atoms with van der Waals surface area (Å²) >= 11 is 5.61. The lowest BCUT2D eigenvalue weighted by molar-refractivity contribution is -0.151. The van der Waals surface area contributed by atoms with Crippen molar-refractivity contribution in [2.45, 2.75) is 83.2 Å². The highest BCUT2D eigenvalue weighted by Crippen LogP contribution is 2.68. The Morgan fingerprint density at radius 2 is 1.95 bits per heavy atom. The third-order valence-electron chi connectivity index (χ3n) is 5.13. The molecule has 0 saturated heterocycles. The zero-order chi connectivity index (χ0) is 13.8. The van der Waals surface area contributed by atoms with Crippen molar-refractivity contribution in [2.24, 2.45) is 5.41 Å². The fourth-order valence-electron chi connectivity index (χ4n) is 3.99. The van der Waals surface area contributed by atoms with Crippen molar-refractivity contribution in [3.63, 3.8) is 0 Å². The van der Waals surface area contributed by atoms with Crippen molar-refractivity contribution in [2.75, 3.05) is 5.88 Å². The van der Waals surface area contributed by atoms with Gasteiger partial charge in [-0.05, 0) is 32.1 Å². The van der Waals surface area contributed by atoms with Gasteiger partial charge in [-0.25, -0.2) is 0 Å². The second-order valence-corrected chi connectivity index (χ2v) is 6.70. The molecule has 0 aromatic rings. The number of unbranched alkanes of at least 4 members (excludes halogenated alkanes) is 3. The van der Waals surface area contributed by atoms with Gasteiger partial charge >= 0.3 is 5.97 Å². The lowest BCUT2D eigenvalue weighted by Crippen LogP contribution is -2.27. The summed E-state index contributed by atoms with van der Waals surface area (Å²) in [6.07, 6.45) is 13.6. The van der Waals surface area contributed by atoms with Crippen molar-refractivity contribution >= 4 is 17.6 Å². The molecule has 110 valence electrons. The van der Waals surface area contributed by atoms with Gasteiger partial charge in [0.05, 0.1) is 0 Å². The van der Waals surface area contributed by atoms with Crippen LogP contribution < -0.4 is 0 Å². The molecule has 2 rings (SSSR count). The van der Waals surface area contributed by atoms with Gasteiger partial charge < -0.3 is 4.74 Å². The topological polar surface area (TPSA) is 26.3 Å². The first-order valence-corrected chi connectivity index (χ1v) is 8.49. The number of carbonyl (C=O) groups is 1. The van der Waals surface area contributed by atoms with Crippen LogP contribution in [0.5, 0.6) is 0 Å². The molecule has 0 spiro atoms. The molecule has 0 bridgehead atoms. The molecule has 0 unspecified atom stereocenters. The summed E-state index contributed by atoms with van der Waals surface area (Å²) in [6, 6.07) is 0. The number of alkyl halides is 1. The van der Waals surface area contributed by atoms with Gasteiger partial charge in [-0.2, -0.15) is 0 Å². The monoisotopic (exact) mass is 286 g/mol. The largest absolute Gasteiger partial charge is 0.458 e. The second-order valence-electron chi connectivity index (χ2n) is 6.43. The molecule has 0 heterocycles. The molecule has 2 aliphatic rings. The van der Waals surface area contributed by atoms with Gasteiger partial charge in [0.2, 0.25) is 0 Å². The van der Waals surface area contributed by atoms with Gasteiger partial charge in [-0.3, -0.25) is 4.79 Å². The third-order valence-corrected chi connectivity index (χ3v) is 5.35. The minimum atomic E-state index is -0.223. The van der Waals surface area contributed by atoms with Gasteiger partial charge in [0.15, 0.2) is 0 Å². The maximum atomic E-state index is 11.6. The molecule has 2 saturated carbocycles. The summed E-state index contributed by atoms with van der Waals surface area (Å²) in [6.45, 7) is 2.24. The number of halogens is 1. The van der Waals surface area contributed by atoms with E-state index in [-0.39, 0.29) is 17.5 Å². The van der Waals surface area contributed by atoms with E-state index >= 15 is 0 Å². The fourth-order valence-corrected chi connectivity index (χ4v) is 4.05. The standard InChI is InChI=1S/C16H27ClO2/c1-2-3-4-6-9-15-10-7-5-8-11-16(15,13-15)19-14(18)12-17/h2-13H2,1H3/t15-,16-/m1/s1. The van der Waals surface area contributed by atoms with Crippen LogP contribution in [0, 0.1) is 5.41 Å². The summed E-state index contributed by atoms with van der Waals surface area (Å²) < 4.78 is 5.77. The number of ether oxygens (including phenoxy) is 1. The van der Waals surface area contributed by atoms with Crippen molar-refractivity contribution in [3.05, 3.63) is 0 Å². The van der Waals surface area contributed by atoms with E-state index in [4.69, 9.17) is 16.3 Å². The van der Waals surface area contributed by atoms with Crippen LogP contribution in [0.3, 0.4) is 0 Å². The van der Waals surface area contributed by atoms with Crippen LogP contribution in [0.15, 0.2) is 0 Å². The zero-order valence-corrected chi connectivity index (χ0v) is 12.9. The first-order valence-electron chi connectivity index (χ1n) is 7.96. The Hall–Kier alpha value is -0.240. The highest BCUT2D eigenvalue weighted by Gasteiger charge is 2.69. The lowest BCUT2D eigenvalue weighted by Gasteiger charge is -2.24. The predicted molar refractivity (Wildman–Crippen MR) is 78.4 cm³/mol. The van der Waals surface area contributed by atoms with Crippen LogP contribution in [-0.2, 0) is 9.53 Å². The number of hydrogen-bond donors (Lipinski definition) is 0. The second kappa shape index (κ2) is 6.47. The fraction of sp³-hybridized carbons (Fsp3) is 0.938. The lowest BCUT2D eigenvalue weighted by atomic mass is 9.89. The Labute approximate surface area is 122 Å². The average Bonchev–Trinajstić information content (AvgIpc) is 3.03. The zero-order valence-electron chi connectivity index (χ0n) is 12.2. The summed E-state index contributed by atoms with van der Waals surface area (Å²) in [7, 11) is 0. The molecule has 0 aliphatic heterocycles. The van der Waals surface area contributed by atoms with Crippen LogP contribution in [-0.4, -0.2) is 17.5 Å². The highest BCUT2D eigenvalue weighted by molar-refractivity contribution is 6.26. The van der Waals surface area contributed by atoms with Gasteiger partial charge in [0.1, 0.15) is 11.5 Å². The Morgan fingerprint density at radius 1 is 1.16 bits per heavy atom. The third kappa shape index (κ3) is 3.26. The summed E-state index contributed by atoms with van der Waals surface area (Å²) in [5.41, 5.74) is 0.167. The van der Waals surface area contributed by atoms with E-state index in [2.05, 4.69) is 6.92 Å². The molecule has 2 aliphatic carbocycles. The molecule has 0 amide bonds. The van der Waals surface area contributed by atoms with E-state index in [9.17, 15) is 4.79 Å². The molecule has 0 radical (unpaired) electrons. The van der Waals surface area contributed by atoms with Crippen LogP contribution in [0.1, 0.15) is 77.6 Å². The van der Waals surface area contributed by atoms with Crippen LogP contribution >= 0.6 is 11.6 Å². The highest BCUT2D eigenvalue weighted by atomic mass is 35.5. The molecule has 2 atom stereocenters. The first-order chi connectivity index (χ1) is 9.18. The van der Waals surface area contributed by atoms with Crippen molar-refractivity contribution < 1.29 is 9.53 Å². The van der Waals surface area contributed by atoms with Crippen LogP contribution in [0.25, 0.3) is 0 Å². The molecule has 2 fully saturated rings. The number of carbonyl (C=O) groups excluding carboxylic acids is 1. The van der Waals surface area contributed by atoms with Crippen molar-refractivity contribution in [1.29, 1.82) is 0 Å². The number of hydrogen-bond acceptors (Lipinski definition) is 2. The maximum Gasteiger partial charge on any atom is 0.321 e. The summed E-state index contributed by atoms with van der Waals surface area (Å²) in [4.78, 5) is 11.6. The maximum absolute atomic E-state index is 11.6. The molecular weight excluding hydrogens is 260 g/mol. The molecule has 19 heavy (non-hydrogen) atoms. The van der Waals surface area contributed by atoms with Gasteiger partial charge in [0.25, 0.3) is 0 Å². The van der Waals surface area contributed by atoms with E-state index in [1.54, 1.807) is 0 Å². The molecular formula is C16H27ClO2. The average molecular weight is 287 g/mol. The quantitative estimate of drug-likeness (QED) is 0.380. The molecule has 0 aromatic heterocycles. The normalized spacial score (nSPS) is 33.4. The smallest absolute Gasteiger partial charge is 0.321 e. The van der Waals surface area contributed by atoms with E-state index in [1.807, 2.05) is 0 Å². The number of rotatable bonds is 7. The van der Waals surface area contributed by atoms with E-state index in [1.165, 1.54) is 57.8 Å². The number of fused-ring (bicyclic) bond motifs is 1. The molecule has 0 N–H and O–H groups in total. The Morgan fingerprint density at radius 3 is 2.68 bits per heavy atom. The van der Waals surface area contributed by atoms with Crippen LogP contribution in [0.4, 0.5) is 0 Å². The molecule has 3 heteroatoms. The van der Waals surface area contributed by atoms with Gasteiger partial charge in [-0.15, -0.1) is 11.6 Å². The van der Waals surface area contributed by atoms with Crippen LogP contribution in [0.2, 0.25) is 0 Å². The minimum Gasteiger partial charge on any atom is -0.458 e. The SMILES string of the molecule is CCCCCC[C@]12CCCCC[C@@]1(OC(=O)CCl)C2. The molecule has 2 nitrogen and oxygen atoms in total. The minimum absolute atomic E-state index is 0.00629. The van der Waals surface area contributed by atoms with E-state index < -0.39 is 0 Å². The summed E-state index contributed by atoms with van der Waals surface area (Å²) in [5, 5.41) is 0. The van der Waals surface area contributed by atoms with Gasteiger partial charge in [0, 0.05) is 5.41 Å². The molecule has 0 aromatic carbocycles. The Bertz CT molecular complexity index is 318. The Balaban J connectivity index is 1.94. The van der Waals surface area contributed by atoms with E-state index in [0.717, 1.165) is 12.8 Å². The van der Waals surface area contributed by atoms with Gasteiger partial charge in [-0.1, -0.05) is 45.4 Å². The Kier molecular flexibility index (Phi) is 5.16. The summed E-state index contributed by atoms with van der Waals surface area (Å²) in [5.74, 6) is -0.229.